The predicted molar refractivity (Wildman–Crippen MR) is 58.8 cm³/mol. The fourth-order valence-corrected chi connectivity index (χ4v) is 1.70. The number of carbonyl (C=O) groups excluding carboxylic acids is 1. The summed E-state index contributed by atoms with van der Waals surface area (Å²) in [5.74, 6) is 0.294. The van der Waals surface area contributed by atoms with E-state index in [1.807, 2.05) is 11.1 Å². The zero-order valence-electron chi connectivity index (χ0n) is 9.17. The number of amides is 1. The molecular formula is C12H21NO. The average Bonchev–Trinajstić information content (AvgIpc) is 2.20. The lowest BCUT2D eigenvalue weighted by atomic mass is 10.1. The number of likely N-dealkylation sites (tertiary alicyclic amines) is 1. The van der Waals surface area contributed by atoms with Crippen molar-refractivity contribution < 1.29 is 4.79 Å². The van der Waals surface area contributed by atoms with Crippen molar-refractivity contribution in [2.75, 3.05) is 6.54 Å². The Morgan fingerprint density at radius 3 is 2.93 bits per heavy atom. The van der Waals surface area contributed by atoms with Crippen LogP contribution in [0.25, 0.3) is 0 Å². The van der Waals surface area contributed by atoms with E-state index in [1.54, 1.807) is 0 Å². The van der Waals surface area contributed by atoms with Crippen molar-refractivity contribution in [3.05, 3.63) is 12.3 Å². The Morgan fingerprint density at radius 1 is 1.36 bits per heavy atom. The van der Waals surface area contributed by atoms with Gasteiger partial charge < -0.3 is 4.90 Å². The molecule has 0 unspecified atom stereocenters. The van der Waals surface area contributed by atoms with Crippen LogP contribution in [-0.4, -0.2) is 17.4 Å². The fourth-order valence-electron chi connectivity index (χ4n) is 1.70. The Kier molecular flexibility index (Phi) is 5.35. The van der Waals surface area contributed by atoms with Crippen LogP contribution in [0.15, 0.2) is 12.3 Å². The van der Waals surface area contributed by atoms with Crippen molar-refractivity contribution in [3.8, 4) is 0 Å². The Morgan fingerprint density at radius 2 is 2.21 bits per heavy atom. The number of hydrogen-bond donors (Lipinski definition) is 0. The van der Waals surface area contributed by atoms with Gasteiger partial charge in [-0.25, -0.2) is 0 Å². The highest BCUT2D eigenvalue weighted by Gasteiger charge is 2.14. The maximum atomic E-state index is 11.4. The largest absolute Gasteiger partial charge is 0.319 e. The molecule has 1 aliphatic heterocycles. The number of piperidine rings is 1. The molecule has 0 N–H and O–H groups in total. The lowest BCUT2D eigenvalue weighted by Crippen LogP contribution is -2.30. The number of carbonyl (C=O) groups is 1. The minimum atomic E-state index is 0.294. The van der Waals surface area contributed by atoms with Crippen LogP contribution in [-0.2, 0) is 4.79 Å². The van der Waals surface area contributed by atoms with Crippen LogP contribution >= 0.6 is 0 Å². The first-order valence-electron chi connectivity index (χ1n) is 5.80. The second-order valence-corrected chi connectivity index (χ2v) is 3.92. The third kappa shape index (κ3) is 3.95. The second-order valence-electron chi connectivity index (χ2n) is 3.92. The van der Waals surface area contributed by atoms with Gasteiger partial charge in [0, 0.05) is 19.2 Å². The van der Waals surface area contributed by atoms with E-state index in [0.717, 1.165) is 32.2 Å². The zero-order chi connectivity index (χ0) is 10.2. The standard InChI is InChI=1S/C12H21NO/c1-2-3-4-5-7-10-13-11-8-6-9-12(13)14/h7,10H,2-6,8-9,11H2,1H3/b10-7+. The quantitative estimate of drug-likeness (QED) is 0.617. The molecule has 14 heavy (non-hydrogen) atoms. The van der Waals surface area contributed by atoms with E-state index in [2.05, 4.69) is 13.0 Å². The van der Waals surface area contributed by atoms with Crippen LogP contribution < -0.4 is 0 Å². The SMILES string of the molecule is CCCCC/C=C/N1CCCCC1=O. The van der Waals surface area contributed by atoms with Crippen molar-refractivity contribution >= 4 is 5.91 Å². The summed E-state index contributed by atoms with van der Waals surface area (Å²) in [4.78, 5) is 13.3. The van der Waals surface area contributed by atoms with Gasteiger partial charge in [-0.05, 0) is 25.7 Å². The molecule has 0 aromatic rings. The van der Waals surface area contributed by atoms with Crippen LogP contribution in [0.4, 0.5) is 0 Å². The highest BCUT2D eigenvalue weighted by molar-refractivity contribution is 5.77. The molecule has 2 heteroatoms. The van der Waals surface area contributed by atoms with Gasteiger partial charge in [0.25, 0.3) is 0 Å². The molecule has 1 fully saturated rings. The maximum Gasteiger partial charge on any atom is 0.226 e. The monoisotopic (exact) mass is 195 g/mol. The average molecular weight is 195 g/mol. The Labute approximate surface area is 87.0 Å². The van der Waals surface area contributed by atoms with Crippen LogP contribution in [0.2, 0.25) is 0 Å². The molecule has 80 valence electrons. The summed E-state index contributed by atoms with van der Waals surface area (Å²) in [6, 6.07) is 0. The molecular weight excluding hydrogens is 174 g/mol. The smallest absolute Gasteiger partial charge is 0.226 e. The molecule has 0 aliphatic carbocycles. The van der Waals surface area contributed by atoms with Gasteiger partial charge in [-0.2, -0.15) is 0 Å². The van der Waals surface area contributed by atoms with E-state index in [4.69, 9.17) is 0 Å². The molecule has 0 aromatic heterocycles. The highest BCUT2D eigenvalue weighted by Crippen LogP contribution is 2.11. The van der Waals surface area contributed by atoms with Gasteiger partial charge in [0.2, 0.25) is 5.91 Å². The van der Waals surface area contributed by atoms with Gasteiger partial charge in [-0.3, -0.25) is 4.79 Å². The van der Waals surface area contributed by atoms with Gasteiger partial charge >= 0.3 is 0 Å². The lowest BCUT2D eigenvalue weighted by molar-refractivity contribution is -0.130. The molecule has 1 heterocycles. The van der Waals surface area contributed by atoms with E-state index in [1.165, 1.54) is 19.3 Å². The summed E-state index contributed by atoms with van der Waals surface area (Å²) in [6.07, 6.45) is 12.0. The van der Waals surface area contributed by atoms with E-state index >= 15 is 0 Å². The van der Waals surface area contributed by atoms with Crippen molar-refractivity contribution in [2.45, 2.75) is 51.9 Å². The van der Waals surface area contributed by atoms with Gasteiger partial charge in [0.15, 0.2) is 0 Å². The van der Waals surface area contributed by atoms with Gasteiger partial charge in [0.1, 0.15) is 0 Å². The van der Waals surface area contributed by atoms with E-state index in [-0.39, 0.29) is 0 Å². The first kappa shape index (κ1) is 11.3. The number of rotatable bonds is 5. The Hall–Kier alpha value is -0.790. The molecule has 0 spiro atoms. The fraction of sp³-hybridized carbons (Fsp3) is 0.750. The highest BCUT2D eigenvalue weighted by atomic mass is 16.2. The van der Waals surface area contributed by atoms with Gasteiger partial charge in [-0.1, -0.05) is 25.8 Å². The third-order valence-electron chi connectivity index (χ3n) is 2.62. The van der Waals surface area contributed by atoms with Crippen molar-refractivity contribution in [1.29, 1.82) is 0 Å². The summed E-state index contributed by atoms with van der Waals surface area (Å²) in [5.41, 5.74) is 0. The van der Waals surface area contributed by atoms with E-state index < -0.39 is 0 Å². The molecule has 0 bridgehead atoms. The summed E-state index contributed by atoms with van der Waals surface area (Å²) in [5, 5.41) is 0. The predicted octanol–water partition coefficient (Wildman–Crippen LogP) is 3.09. The maximum absolute atomic E-state index is 11.4. The molecule has 1 saturated heterocycles. The molecule has 1 rings (SSSR count). The number of hydrogen-bond acceptors (Lipinski definition) is 1. The first-order valence-corrected chi connectivity index (χ1v) is 5.80. The normalized spacial score (nSPS) is 18.1. The minimum Gasteiger partial charge on any atom is -0.319 e. The molecule has 1 aliphatic rings. The molecule has 0 atom stereocenters. The van der Waals surface area contributed by atoms with Crippen molar-refractivity contribution in [1.82, 2.24) is 4.90 Å². The molecule has 0 radical (unpaired) electrons. The number of unbranched alkanes of at least 4 members (excludes halogenated alkanes) is 3. The molecule has 0 aromatic carbocycles. The minimum absolute atomic E-state index is 0.294. The lowest BCUT2D eigenvalue weighted by Gasteiger charge is -2.22. The van der Waals surface area contributed by atoms with Crippen LogP contribution in [0.1, 0.15) is 51.9 Å². The summed E-state index contributed by atoms with van der Waals surface area (Å²) >= 11 is 0. The van der Waals surface area contributed by atoms with Crippen molar-refractivity contribution in [3.63, 3.8) is 0 Å². The Bertz CT molecular complexity index is 198. The van der Waals surface area contributed by atoms with Crippen LogP contribution in [0, 0.1) is 0 Å². The zero-order valence-corrected chi connectivity index (χ0v) is 9.17. The van der Waals surface area contributed by atoms with Gasteiger partial charge in [-0.15, -0.1) is 0 Å². The summed E-state index contributed by atoms with van der Waals surface area (Å²) in [7, 11) is 0. The first-order chi connectivity index (χ1) is 6.84. The Balaban J connectivity index is 2.17. The molecule has 0 saturated carbocycles. The van der Waals surface area contributed by atoms with Crippen molar-refractivity contribution in [2.24, 2.45) is 0 Å². The second kappa shape index (κ2) is 6.63. The van der Waals surface area contributed by atoms with E-state index in [0.29, 0.717) is 5.91 Å². The van der Waals surface area contributed by atoms with Crippen LogP contribution in [0.5, 0.6) is 0 Å². The number of nitrogens with zero attached hydrogens (tertiary/aromatic N) is 1. The molecule has 2 nitrogen and oxygen atoms in total. The van der Waals surface area contributed by atoms with E-state index in [9.17, 15) is 4.79 Å². The molecule has 1 amide bonds. The summed E-state index contributed by atoms with van der Waals surface area (Å²) in [6.45, 7) is 3.13. The van der Waals surface area contributed by atoms with Crippen LogP contribution in [0.3, 0.4) is 0 Å². The topological polar surface area (TPSA) is 20.3 Å². The van der Waals surface area contributed by atoms with Gasteiger partial charge in [0.05, 0.1) is 0 Å². The third-order valence-corrected chi connectivity index (χ3v) is 2.62. The summed E-state index contributed by atoms with van der Waals surface area (Å²) < 4.78 is 0. The number of allylic oxidation sites excluding steroid dienone is 1.